The van der Waals surface area contributed by atoms with Gasteiger partial charge in [-0.3, -0.25) is 9.59 Å². The summed E-state index contributed by atoms with van der Waals surface area (Å²) in [6.45, 7) is 0.417. The molecule has 1 aliphatic carbocycles. The molecule has 1 aromatic carbocycles. The van der Waals surface area contributed by atoms with Gasteiger partial charge in [0.2, 0.25) is 5.91 Å². The van der Waals surface area contributed by atoms with Crippen molar-refractivity contribution in [3.8, 4) is 0 Å². The average Bonchev–Trinajstić information content (AvgIpc) is 3.39. The van der Waals surface area contributed by atoms with Gasteiger partial charge in [-0.1, -0.05) is 11.6 Å². The molecule has 3 rings (SSSR count). The molecule has 4 N–H and O–H groups in total. The summed E-state index contributed by atoms with van der Waals surface area (Å²) in [6, 6.07) is 5.26. The molecule has 1 aromatic rings. The van der Waals surface area contributed by atoms with Gasteiger partial charge >= 0.3 is 6.03 Å². The second-order valence-electron chi connectivity index (χ2n) is 6.44. The van der Waals surface area contributed by atoms with E-state index in [9.17, 15) is 14.4 Å². The molecule has 9 heteroatoms. The molecule has 2 fully saturated rings. The molecule has 1 saturated carbocycles. The number of urea groups is 1. The zero-order valence-corrected chi connectivity index (χ0v) is 15.7. The Morgan fingerprint density at radius 2 is 1.96 bits per heavy atom. The lowest BCUT2D eigenvalue weighted by atomic mass is 10.1. The Morgan fingerprint density at radius 3 is 2.54 bits per heavy atom. The molecule has 1 saturated heterocycles. The van der Waals surface area contributed by atoms with Gasteiger partial charge in [0.25, 0.3) is 5.91 Å². The van der Waals surface area contributed by atoms with Gasteiger partial charge in [0.05, 0.1) is 5.69 Å². The number of nitrogens with two attached hydrogens (primary N) is 1. The molecular formula is C17H22Cl2N4O3. The lowest BCUT2D eigenvalue weighted by Crippen LogP contribution is -2.42. The van der Waals surface area contributed by atoms with Crippen LogP contribution in [0.15, 0.2) is 24.3 Å². The van der Waals surface area contributed by atoms with Crippen molar-refractivity contribution < 1.29 is 14.4 Å². The molecule has 142 valence electrons. The zero-order chi connectivity index (χ0) is 18.0. The number of hydrogen-bond acceptors (Lipinski definition) is 4. The summed E-state index contributed by atoms with van der Waals surface area (Å²) >= 11 is 5.83. The van der Waals surface area contributed by atoms with Crippen molar-refractivity contribution in [1.29, 1.82) is 0 Å². The van der Waals surface area contributed by atoms with E-state index in [2.05, 4.69) is 10.6 Å². The molecule has 2 unspecified atom stereocenters. The third-order valence-corrected chi connectivity index (χ3v) is 4.81. The molecule has 2 aliphatic rings. The number of imide groups is 1. The van der Waals surface area contributed by atoms with Crippen LogP contribution in [0, 0.1) is 5.92 Å². The van der Waals surface area contributed by atoms with E-state index in [-0.39, 0.29) is 43.1 Å². The van der Waals surface area contributed by atoms with Gasteiger partial charge in [-0.2, -0.15) is 0 Å². The zero-order valence-electron chi connectivity index (χ0n) is 14.1. The summed E-state index contributed by atoms with van der Waals surface area (Å²) in [4.78, 5) is 37.7. The summed E-state index contributed by atoms with van der Waals surface area (Å²) < 4.78 is 0. The maximum atomic E-state index is 12.5. The maximum Gasteiger partial charge on any atom is 0.329 e. The first kappa shape index (κ1) is 20.5. The highest BCUT2D eigenvalue weighted by molar-refractivity contribution is 6.30. The number of nitrogens with zero attached hydrogens (tertiary/aromatic N) is 1. The molecule has 0 spiro atoms. The van der Waals surface area contributed by atoms with Crippen LogP contribution >= 0.6 is 24.0 Å². The quantitative estimate of drug-likeness (QED) is 0.607. The number of rotatable bonds is 7. The van der Waals surface area contributed by atoms with E-state index in [1.54, 1.807) is 24.3 Å². The summed E-state index contributed by atoms with van der Waals surface area (Å²) in [5.74, 6) is -0.0332. The Hall–Kier alpha value is -1.83. The number of halogens is 2. The minimum absolute atomic E-state index is 0. The normalized spacial score (nSPS) is 20.4. The summed E-state index contributed by atoms with van der Waals surface area (Å²) in [5, 5.41) is 6.06. The standard InChI is InChI=1S/C17H21ClN4O3.ClH/c18-11-3-5-12(6-4-11)22-16(24)13(21-17(22)25)7-8-15(23)20-14(9-19)10-1-2-10;/h3-6,10,13-14H,1-2,7-9,19H2,(H,20,23)(H,21,25);1H. The Morgan fingerprint density at radius 1 is 1.31 bits per heavy atom. The van der Waals surface area contributed by atoms with Gasteiger partial charge in [-0.15, -0.1) is 12.4 Å². The highest BCUT2D eigenvalue weighted by atomic mass is 35.5. The maximum absolute atomic E-state index is 12.5. The molecule has 1 heterocycles. The Bertz CT molecular complexity index is 679. The number of anilines is 1. The molecule has 0 radical (unpaired) electrons. The minimum Gasteiger partial charge on any atom is -0.352 e. The molecule has 4 amide bonds. The van der Waals surface area contributed by atoms with E-state index in [1.165, 1.54) is 0 Å². The van der Waals surface area contributed by atoms with Crippen molar-refractivity contribution in [2.75, 3.05) is 11.4 Å². The molecule has 0 aromatic heterocycles. The van der Waals surface area contributed by atoms with Gasteiger partial charge in [0, 0.05) is 24.0 Å². The smallest absolute Gasteiger partial charge is 0.329 e. The molecule has 0 bridgehead atoms. The Kier molecular flexibility index (Phi) is 6.86. The highest BCUT2D eigenvalue weighted by Crippen LogP contribution is 2.32. The van der Waals surface area contributed by atoms with Crippen LogP contribution in [0.3, 0.4) is 0 Å². The minimum atomic E-state index is -0.703. The molecule has 1 aliphatic heterocycles. The van der Waals surface area contributed by atoms with Crippen LogP contribution in [0.5, 0.6) is 0 Å². The predicted octanol–water partition coefficient (Wildman–Crippen LogP) is 1.82. The van der Waals surface area contributed by atoms with Gasteiger partial charge in [0.15, 0.2) is 0 Å². The van der Waals surface area contributed by atoms with Crippen LogP contribution in [0.4, 0.5) is 10.5 Å². The number of amides is 4. The van der Waals surface area contributed by atoms with Crippen LogP contribution in [-0.2, 0) is 9.59 Å². The van der Waals surface area contributed by atoms with Gasteiger partial charge in [-0.05, 0) is 49.4 Å². The summed E-state index contributed by atoms with van der Waals surface area (Å²) in [5.41, 5.74) is 6.13. The van der Waals surface area contributed by atoms with Crippen LogP contribution in [0.1, 0.15) is 25.7 Å². The van der Waals surface area contributed by atoms with Crippen molar-refractivity contribution in [1.82, 2.24) is 10.6 Å². The first-order chi connectivity index (χ1) is 12.0. The van der Waals surface area contributed by atoms with Crippen molar-refractivity contribution >= 4 is 47.5 Å². The molecule has 26 heavy (non-hydrogen) atoms. The van der Waals surface area contributed by atoms with E-state index < -0.39 is 12.1 Å². The van der Waals surface area contributed by atoms with Crippen LogP contribution < -0.4 is 21.3 Å². The van der Waals surface area contributed by atoms with Crippen molar-refractivity contribution in [2.45, 2.75) is 37.8 Å². The number of carbonyl (C=O) groups is 3. The van der Waals surface area contributed by atoms with E-state index in [0.717, 1.165) is 17.7 Å². The second kappa shape index (κ2) is 8.70. The van der Waals surface area contributed by atoms with Gasteiger partial charge in [0.1, 0.15) is 6.04 Å². The van der Waals surface area contributed by atoms with Gasteiger partial charge in [-0.25, -0.2) is 9.69 Å². The first-order valence-electron chi connectivity index (χ1n) is 8.39. The fraction of sp³-hybridized carbons (Fsp3) is 0.471. The predicted molar refractivity (Wildman–Crippen MR) is 101 cm³/mol. The van der Waals surface area contributed by atoms with Crippen molar-refractivity contribution in [3.63, 3.8) is 0 Å². The number of hydrogen-bond donors (Lipinski definition) is 3. The summed E-state index contributed by atoms with van der Waals surface area (Å²) in [7, 11) is 0. The number of nitrogens with one attached hydrogen (secondary N) is 2. The number of benzene rings is 1. The fourth-order valence-corrected chi connectivity index (χ4v) is 3.11. The lowest BCUT2D eigenvalue weighted by Gasteiger charge is -2.16. The van der Waals surface area contributed by atoms with E-state index in [1.807, 2.05) is 0 Å². The lowest BCUT2D eigenvalue weighted by molar-refractivity contribution is -0.122. The van der Waals surface area contributed by atoms with Crippen LogP contribution in [0.2, 0.25) is 5.02 Å². The monoisotopic (exact) mass is 400 g/mol. The third kappa shape index (κ3) is 4.66. The second-order valence-corrected chi connectivity index (χ2v) is 6.87. The molecule has 2 atom stereocenters. The van der Waals surface area contributed by atoms with Crippen LogP contribution in [0.25, 0.3) is 0 Å². The number of carbonyl (C=O) groups excluding carboxylic acids is 3. The molecular weight excluding hydrogens is 379 g/mol. The SMILES string of the molecule is Cl.NCC(NC(=O)CCC1NC(=O)N(c2ccc(Cl)cc2)C1=O)C1CC1. The van der Waals surface area contributed by atoms with Gasteiger partial charge < -0.3 is 16.4 Å². The first-order valence-corrected chi connectivity index (χ1v) is 8.77. The highest BCUT2D eigenvalue weighted by Gasteiger charge is 2.39. The largest absolute Gasteiger partial charge is 0.352 e. The van der Waals surface area contributed by atoms with Crippen molar-refractivity contribution in [3.05, 3.63) is 29.3 Å². The Labute approximate surface area is 163 Å². The summed E-state index contributed by atoms with van der Waals surface area (Å²) in [6.07, 6.45) is 2.60. The fourth-order valence-electron chi connectivity index (χ4n) is 2.98. The Balaban J connectivity index is 0.00000243. The van der Waals surface area contributed by atoms with E-state index >= 15 is 0 Å². The molecule has 7 nitrogen and oxygen atoms in total. The average molecular weight is 401 g/mol. The van der Waals surface area contributed by atoms with E-state index in [0.29, 0.717) is 23.2 Å². The van der Waals surface area contributed by atoms with E-state index in [4.69, 9.17) is 17.3 Å². The third-order valence-electron chi connectivity index (χ3n) is 4.56. The van der Waals surface area contributed by atoms with Crippen molar-refractivity contribution in [2.24, 2.45) is 11.7 Å². The van der Waals surface area contributed by atoms with Crippen LogP contribution in [-0.4, -0.2) is 36.5 Å². The topological polar surface area (TPSA) is 105 Å².